The Labute approximate surface area is 175 Å². The van der Waals surface area contributed by atoms with Crippen molar-refractivity contribution in [1.29, 1.82) is 0 Å². The Balaban J connectivity index is 1.62. The van der Waals surface area contributed by atoms with Crippen LogP contribution in [0.15, 0.2) is 29.1 Å². The third-order valence-electron chi connectivity index (χ3n) is 4.79. The summed E-state index contributed by atoms with van der Waals surface area (Å²) in [6.07, 6.45) is 0. The number of carbonyl (C=O) groups is 3. The quantitative estimate of drug-likeness (QED) is 0.264. The van der Waals surface area contributed by atoms with Gasteiger partial charge in [-0.25, -0.2) is 9.59 Å². The topological polar surface area (TPSA) is 203 Å². The lowest BCUT2D eigenvalue weighted by Gasteiger charge is -2.35. The number of fused-ring (bicyclic) bond motifs is 1. The Morgan fingerprint density at radius 3 is 2.52 bits per heavy atom. The van der Waals surface area contributed by atoms with Gasteiger partial charge in [-0.2, -0.15) is 4.98 Å². The molecule has 1 unspecified atom stereocenters. The highest BCUT2D eigenvalue weighted by Crippen LogP contribution is 2.25. The summed E-state index contributed by atoms with van der Waals surface area (Å²) in [5.74, 6) is -3.61. The van der Waals surface area contributed by atoms with Gasteiger partial charge in [0.2, 0.25) is 12.0 Å². The standard InChI is InChI=1S/C18H21N7O6/c1-25-10(7-21-13-12(25)15(27)24-18(19)23-13)6-20-9-4-2-8(3-5-9)14(26)22-11(16(28)29)17(30)31/h2-5,10-11,20H,6-7H2,1H3,(H,22,26)(H,28,29)(H,30,31)(H4,19,21,23,24,27). The van der Waals surface area contributed by atoms with Crippen LogP contribution in [-0.4, -0.2) is 70.2 Å². The normalized spacial score (nSPS) is 15.0. The summed E-state index contributed by atoms with van der Waals surface area (Å²) in [6.45, 7) is 0.987. The fraction of sp³-hybridized carbons (Fsp3) is 0.278. The molecule has 2 aromatic rings. The van der Waals surface area contributed by atoms with Crippen molar-refractivity contribution < 1.29 is 24.6 Å². The van der Waals surface area contributed by atoms with Gasteiger partial charge < -0.3 is 41.8 Å². The number of anilines is 4. The Morgan fingerprint density at radius 1 is 1.26 bits per heavy atom. The Hall–Kier alpha value is -4.29. The summed E-state index contributed by atoms with van der Waals surface area (Å²) in [5, 5.41) is 25.9. The molecule has 13 heteroatoms. The van der Waals surface area contributed by atoms with Crippen LogP contribution in [0, 0.1) is 0 Å². The number of hydrogen-bond donors (Lipinski definition) is 7. The zero-order valence-corrected chi connectivity index (χ0v) is 16.4. The number of aliphatic carboxylic acids is 2. The van der Waals surface area contributed by atoms with Crippen LogP contribution in [0.4, 0.5) is 23.1 Å². The number of carbonyl (C=O) groups excluding carboxylic acids is 1. The first-order valence-electron chi connectivity index (χ1n) is 9.14. The fourth-order valence-corrected chi connectivity index (χ4v) is 3.11. The van der Waals surface area contributed by atoms with Crippen LogP contribution in [0.5, 0.6) is 0 Å². The van der Waals surface area contributed by atoms with E-state index in [9.17, 15) is 19.2 Å². The maximum Gasteiger partial charge on any atom is 0.338 e. The molecule has 0 aliphatic carbocycles. The number of nitrogens with one attached hydrogen (secondary N) is 4. The SMILES string of the molecule is CN1c2c([nH]c(N)nc2=O)NCC1CNc1ccc(C(=O)NC(C(=O)O)C(=O)O)cc1. The largest absolute Gasteiger partial charge is 0.479 e. The fourth-order valence-electron chi connectivity index (χ4n) is 3.11. The minimum Gasteiger partial charge on any atom is -0.479 e. The van der Waals surface area contributed by atoms with Crippen LogP contribution in [0.25, 0.3) is 0 Å². The summed E-state index contributed by atoms with van der Waals surface area (Å²) < 4.78 is 0. The van der Waals surface area contributed by atoms with E-state index in [0.29, 0.717) is 30.3 Å². The molecular formula is C18H21N7O6. The number of H-pyrrole nitrogens is 1. The van der Waals surface area contributed by atoms with Crippen LogP contribution < -0.4 is 32.1 Å². The van der Waals surface area contributed by atoms with Crippen LogP contribution in [0.2, 0.25) is 0 Å². The molecule has 0 radical (unpaired) electrons. The van der Waals surface area contributed by atoms with E-state index < -0.39 is 29.4 Å². The number of likely N-dealkylation sites (N-methyl/N-ethyl adjacent to an activating group) is 1. The predicted molar refractivity (Wildman–Crippen MR) is 111 cm³/mol. The molecule has 0 bridgehead atoms. The van der Waals surface area contributed by atoms with Gasteiger partial charge in [-0.15, -0.1) is 0 Å². The molecule has 1 atom stereocenters. The predicted octanol–water partition coefficient (Wildman–Crippen LogP) is -1.04. The Kier molecular flexibility index (Phi) is 5.95. The molecule has 8 N–H and O–H groups in total. The van der Waals surface area contributed by atoms with E-state index in [2.05, 4.69) is 20.6 Å². The molecule has 13 nitrogen and oxygen atoms in total. The van der Waals surface area contributed by atoms with Crippen molar-refractivity contribution in [3.05, 3.63) is 40.2 Å². The zero-order valence-electron chi connectivity index (χ0n) is 16.4. The van der Waals surface area contributed by atoms with Crippen LogP contribution in [-0.2, 0) is 9.59 Å². The Bertz CT molecular complexity index is 1050. The van der Waals surface area contributed by atoms with Gasteiger partial charge in [-0.05, 0) is 24.3 Å². The highest BCUT2D eigenvalue weighted by molar-refractivity contribution is 6.04. The molecule has 1 amide bonds. The van der Waals surface area contributed by atoms with E-state index >= 15 is 0 Å². The minimum absolute atomic E-state index is 0.0309. The van der Waals surface area contributed by atoms with Crippen molar-refractivity contribution in [2.75, 3.05) is 41.4 Å². The summed E-state index contributed by atoms with van der Waals surface area (Å²) in [4.78, 5) is 54.3. The summed E-state index contributed by atoms with van der Waals surface area (Å²) in [7, 11) is 1.77. The number of nitrogens with zero attached hydrogens (tertiary/aromatic N) is 2. The number of amides is 1. The zero-order chi connectivity index (χ0) is 22.7. The lowest BCUT2D eigenvalue weighted by Crippen LogP contribution is -2.48. The van der Waals surface area contributed by atoms with Gasteiger partial charge in [0.15, 0.2) is 0 Å². The second-order valence-corrected chi connectivity index (χ2v) is 6.84. The number of hydrogen-bond acceptors (Lipinski definition) is 9. The highest BCUT2D eigenvalue weighted by Gasteiger charge is 2.28. The molecule has 31 heavy (non-hydrogen) atoms. The molecule has 0 saturated carbocycles. The van der Waals surface area contributed by atoms with E-state index in [4.69, 9.17) is 15.9 Å². The maximum absolute atomic E-state index is 12.2. The van der Waals surface area contributed by atoms with Crippen molar-refractivity contribution in [3.8, 4) is 0 Å². The van der Waals surface area contributed by atoms with E-state index in [1.165, 1.54) is 12.1 Å². The van der Waals surface area contributed by atoms with Crippen molar-refractivity contribution in [2.24, 2.45) is 0 Å². The summed E-state index contributed by atoms with van der Waals surface area (Å²) in [5.41, 5.74) is 6.28. The van der Waals surface area contributed by atoms with Gasteiger partial charge in [0.1, 0.15) is 11.5 Å². The first-order valence-corrected chi connectivity index (χ1v) is 9.14. The number of rotatable bonds is 7. The van der Waals surface area contributed by atoms with Gasteiger partial charge in [-0.1, -0.05) is 0 Å². The highest BCUT2D eigenvalue weighted by atomic mass is 16.4. The molecule has 0 fully saturated rings. The number of nitrogens with two attached hydrogens (primary N) is 1. The third kappa shape index (κ3) is 4.66. The lowest BCUT2D eigenvalue weighted by molar-refractivity contribution is -0.150. The molecule has 0 spiro atoms. The molecule has 2 heterocycles. The summed E-state index contributed by atoms with van der Waals surface area (Å²) in [6, 6.07) is 3.96. The molecule has 164 valence electrons. The maximum atomic E-state index is 12.2. The van der Waals surface area contributed by atoms with E-state index in [0.717, 1.165) is 0 Å². The van der Waals surface area contributed by atoms with Crippen molar-refractivity contribution in [1.82, 2.24) is 15.3 Å². The number of carboxylic acid groups (broad SMARTS) is 2. The first-order chi connectivity index (χ1) is 14.7. The van der Waals surface area contributed by atoms with Gasteiger partial charge >= 0.3 is 11.9 Å². The molecule has 1 aromatic carbocycles. The van der Waals surface area contributed by atoms with E-state index in [-0.39, 0.29) is 17.6 Å². The second-order valence-electron chi connectivity index (χ2n) is 6.84. The molecule has 1 aromatic heterocycles. The average molecular weight is 431 g/mol. The molecule has 1 aliphatic heterocycles. The first kappa shape index (κ1) is 21.4. The summed E-state index contributed by atoms with van der Waals surface area (Å²) >= 11 is 0. The van der Waals surface area contributed by atoms with Gasteiger partial charge in [0.25, 0.3) is 11.5 Å². The minimum atomic E-state index is -2.03. The molecule has 3 rings (SSSR count). The van der Waals surface area contributed by atoms with Gasteiger partial charge in [0, 0.05) is 31.4 Å². The lowest BCUT2D eigenvalue weighted by atomic mass is 10.1. The number of aromatic nitrogens is 2. The smallest absolute Gasteiger partial charge is 0.338 e. The number of benzene rings is 1. The van der Waals surface area contributed by atoms with Gasteiger partial charge in [-0.3, -0.25) is 9.59 Å². The van der Waals surface area contributed by atoms with Gasteiger partial charge in [0.05, 0.1) is 6.04 Å². The van der Waals surface area contributed by atoms with Crippen molar-refractivity contribution in [2.45, 2.75) is 12.1 Å². The van der Waals surface area contributed by atoms with Crippen molar-refractivity contribution in [3.63, 3.8) is 0 Å². The van der Waals surface area contributed by atoms with Crippen molar-refractivity contribution >= 4 is 41.0 Å². The second kappa shape index (κ2) is 8.61. The molecule has 0 saturated heterocycles. The number of aromatic amines is 1. The van der Waals surface area contributed by atoms with Crippen LogP contribution >= 0.6 is 0 Å². The average Bonchev–Trinajstić information content (AvgIpc) is 2.70. The van der Waals surface area contributed by atoms with Crippen LogP contribution in [0.1, 0.15) is 10.4 Å². The van der Waals surface area contributed by atoms with Crippen LogP contribution in [0.3, 0.4) is 0 Å². The van der Waals surface area contributed by atoms with E-state index in [1.54, 1.807) is 24.1 Å². The Morgan fingerprint density at radius 2 is 1.90 bits per heavy atom. The number of nitrogen functional groups attached to an aromatic ring is 1. The number of carboxylic acids is 2. The third-order valence-corrected chi connectivity index (χ3v) is 4.79. The van der Waals surface area contributed by atoms with E-state index in [1.807, 2.05) is 5.32 Å². The molecule has 1 aliphatic rings. The molecular weight excluding hydrogens is 410 g/mol. The monoisotopic (exact) mass is 431 g/mol.